The van der Waals surface area contributed by atoms with Gasteiger partial charge in [-0.25, -0.2) is 14.8 Å². The molecule has 2 atom stereocenters. The van der Waals surface area contributed by atoms with Crippen LogP contribution in [0, 0.1) is 11.8 Å². The number of amides is 3. The summed E-state index contributed by atoms with van der Waals surface area (Å²) in [5, 5.41) is 3.38. The van der Waals surface area contributed by atoms with Crippen molar-refractivity contribution in [2.75, 3.05) is 31.5 Å². The van der Waals surface area contributed by atoms with Gasteiger partial charge in [0.25, 0.3) is 5.91 Å². The zero-order chi connectivity index (χ0) is 29.5. The fourth-order valence-electron chi connectivity index (χ4n) is 4.54. The van der Waals surface area contributed by atoms with Crippen LogP contribution in [-0.2, 0) is 14.9 Å². The monoisotopic (exact) mass is 546 g/mol. The molecule has 3 amide bonds. The number of carbonyl (C=O) groups is 3. The molecule has 0 spiro atoms. The Kier molecular flexibility index (Phi) is 11.1. The van der Waals surface area contributed by atoms with Gasteiger partial charge in [0.2, 0.25) is 5.91 Å². The molecule has 2 rings (SSSR count). The van der Waals surface area contributed by atoms with E-state index in [-0.39, 0.29) is 30.3 Å². The summed E-state index contributed by atoms with van der Waals surface area (Å²) >= 11 is 0. The Morgan fingerprint density at radius 2 is 1.82 bits per heavy atom. The molecule has 3 N–H and O–H groups in total. The number of hydrogen-bond acceptors (Lipinski definition) is 7. The van der Waals surface area contributed by atoms with Gasteiger partial charge in [-0.2, -0.15) is 0 Å². The molecule has 0 aliphatic carbocycles. The summed E-state index contributed by atoms with van der Waals surface area (Å²) in [7, 11) is 0. The number of ether oxygens (including phenoxy) is 1. The lowest BCUT2D eigenvalue weighted by molar-refractivity contribution is -0.124. The third-order valence-electron chi connectivity index (χ3n) is 6.51. The van der Waals surface area contributed by atoms with Crippen molar-refractivity contribution in [2.24, 2.45) is 17.6 Å². The summed E-state index contributed by atoms with van der Waals surface area (Å²) in [4.78, 5) is 52.1. The highest BCUT2D eigenvalue weighted by molar-refractivity contribution is 5.98. The Balaban J connectivity index is 2.47. The number of piperidine rings is 1. The molecule has 1 aromatic heterocycles. The largest absolute Gasteiger partial charge is 0.444 e. The summed E-state index contributed by atoms with van der Waals surface area (Å²) in [6, 6.07) is -0.422. The second-order valence-electron chi connectivity index (χ2n) is 13.1. The number of rotatable bonds is 10. The molecule has 1 aromatic rings. The topological polar surface area (TPSA) is 131 Å². The predicted octanol–water partition coefficient (Wildman–Crippen LogP) is 4.59. The number of likely N-dealkylation sites (tertiary alicyclic amines) is 1. The van der Waals surface area contributed by atoms with Crippen LogP contribution in [0.3, 0.4) is 0 Å². The van der Waals surface area contributed by atoms with Crippen LogP contribution in [0.1, 0.15) is 104 Å². The third kappa shape index (κ3) is 9.65. The van der Waals surface area contributed by atoms with E-state index in [9.17, 15) is 14.4 Å². The number of nitrogens with one attached hydrogen (secondary N) is 1. The normalized spacial score (nSPS) is 18.2. The SMILES string of the molecule is CCCCCNc1nc(C(C)(C)C)ncc1C(=O)N(CC(C)C)[C@H]1C[C@@H](C(N)=O)CN(C(=O)OC(C)(C)C)C1. The first-order chi connectivity index (χ1) is 18.0. The highest BCUT2D eigenvalue weighted by Gasteiger charge is 2.39. The van der Waals surface area contributed by atoms with Gasteiger partial charge in [-0.3, -0.25) is 9.59 Å². The molecule has 0 aromatic carbocycles. The third-order valence-corrected chi connectivity index (χ3v) is 6.51. The molecule has 220 valence electrons. The molecular formula is C29H50N6O4. The van der Waals surface area contributed by atoms with Gasteiger partial charge < -0.3 is 25.6 Å². The Morgan fingerprint density at radius 1 is 1.15 bits per heavy atom. The standard InChI is InChI=1S/C29H50N6O4/c1-10-11-12-13-31-24-22(15-32-26(33-24)28(4,5)6)25(37)35(16-19(2)3)21-14-20(23(30)36)17-34(18-21)27(38)39-29(7,8)9/h15,19-21H,10-14,16-18H2,1-9H3,(H2,30,36)(H,31,32,33)/t20-,21+/m1/s1. The number of primary amides is 1. The average molecular weight is 547 g/mol. The Morgan fingerprint density at radius 3 is 2.36 bits per heavy atom. The minimum atomic E-state index is -0.690. The average Bonchev–Trinajstić information content (AvgIpc) is 2.82. The first kappa shape index (κ1) is 32.3. The number of hydrogen-bond donors (Lipinski definition) is 2. The molecule has 39 heavy (non-hydrogen) atoms. The van der Waals surface area contributed by atoms with Crippen LogP contribution in [0.25, 0.3) is 0 Å². The van der Waals surface area contributed by atoms with Crippen LogP contribution < -0.4 is 11.1 Å². The van der Waals surface area contributed by atoms with Crippen molar-refractivity contribution in [2.45, 2.75) is 105 Å². The van der Waals surface area contributed by atoms with Gasteiger partial charge in [0.1, 0.15) is 22.8 Å². The quantitative estimate of drug-likeness (QED) is 0.411. The Labute approximate surface area is 234 Å². The first-order valence-corrected chi connectivity index (χ1v) is 14.2. The fourth-order valence-corrected chi connectivity index (χ4v) is 4.54. The van der Waals surface area contributed by atoms with E-state index in [0.29, 0.717) is 36.7 Å². The predicted molar refractivity (Wildman–Crippen MR) is 154 cm³/mol. The van der Waals surface area contributed by atoms with Gasteiger partial charge in [0.05, 0.1) is 12.0 Å². The lowest BCUT2D eigenvalue weighted by Crippen LogP contribution is -2.57. The van der Waals surface area contributed by atoms with Crippen LogP contribution >= 0.6 is 0 Å². The van der Waals surface area contributed by atoms with Gasteiger partial charge in [-0.05, 0) is 39.5 Å². The Bertz CT molecular complexity index is 998. The van der Waals surface area contributed by atoms with E-state index >= 15 is 0 Å². The number of aromatic nitrogens is 2. The van der Waals surface area contributed by atoms with Crippen LogP contribution in [0.5, 0.6) is 0 Å². The molecule has 10 nitrogen and oxygen atoms in total. The molecule has 0 unspecified atom stereocenters. The first-order valence-electron chi connectivity index (χ1n) is 14.2. The second-order valence-corrected chi connectivity index (χ2v) is 13.1. The lowest BCUT2D eigenvalue weighted by atomic mass is 9.91. The maximum Gasteiger partial charge on any atom is 0.410 e. The van der Waals surface area contributed by atoms with Gasteiger partial charge >= 0.3 is 6.09 Å². The van der Waals surface area contributed by atoms with Gasteiger partial charge in [0.15, 0.2) is 0 Å². The zero-order valence-corrected chi connectivity index (χ0v) is 25.5. The van der Waals surface area contributed by atoms with E-state index in [1.165, 1.54) is 4.90 Å². The summed E-state index contributed by atoms with van der Waals surface area (Å²) in [5.74, 6) is -0.0210. The van der Waals surface area contributed by atoms with E-state index in [1.807, 2.05) is 34.6 Å². The number of unbranched alkanes of at least 4 members (excludes halogenated alkanes) is 2. The van der Waals surface area contributed by atoms with Crippen molar-refractivity contribution < 1.29 is 19.1 Å². The van der Waals surface area contributed by atoms with E-state index in [1.54, 1.807) is 31.9 Å². The summed E-state index contributed by atoms with van der Waals surface area (Å²) < 4.78 is 5.59. The van der Waals surface area contributed by atoms with Crippen molar-refractivity contribution in [1.29, 1.82) is 0 Å². The van der Waals surface area contributed by atoms with Crippen LogP contribution in [0.4, 0.5) is 10.6 Å². The lowest BCUT2D eigenvalue weighted by Gasteiger charge is -2.42. The zero-order valence-electron chi connectivity index (χ0n) is 25.5. The molecular weight excluding hydrogens is 496 g/mol. The maximum absolute atomic E-state index is 14.2. The highest BCUT2D eigenvalue weighted by Crippen LogP contribution is 2.28. The summed E-state index contributed by atoms with van der Waals surface area (Å²) in [5.41, 5.74) is 5.12. The van der Waals surface area contributed by atoms with Gasteiger partial charge in [-0.1, -0.05) is 54.4 Å². The smallest absolute Gasteiger partial charge is 0.410 e. The summed E-state index contributed by atoms with van der Waals surface area (Å²) in [6.07, 6.45) is 4.57. The molecule has 0 saturated carbocycles. The molecule has 1 aliphatic heterocycles. The molecule has 0 radical (unpaired) electrons. The second kappa shape index (κ2) is 13.4. The maximum atomic E-state index is 14.2. The molecule has 1 aliphatic rings. The van der Waals surface area contributed by atoms with E-state index in [2.05, 4.69) is 17.2 Å². The van der Waals surface area contributed by atoms with Gasteiger partial charge in [0, 0.05) is 37.8 Å². The highest BCUT2D eigenvalue weighted by atomic mass is 16.6. The van der Waals surface area contributed by atoms with Gasteiger partial charge in [-0.15, -0.1) is 0 Å². The van der Waals surface area contributed by atoms with E-state index in [4.69, 9.17) is 15.5 Å². The number of carbonyl (C=O) groups excluding carboxylic acids is 3. The van der Waals surface area contributed by atoms with Crippen LogP contribution in [0.2, 0.25) is 0 Å². The molecule has 1 saturated heterocycles. The van der Waals surface area contributed by atoms with E-state index < -0.39 is 29.6 Å². The van der Waals surface area contributed by atoms with Crippen molar-refractivity contribution >= 4 is 23.7 Å². The van der Waals surface area contributed by atoms with Crippen molar-refractivity contribution in [1.82, 2.24) is 19.8 Å². The van der Waals surface area contributed by atoms with E-state index in [0.717, 1.165) is 19.3 Å². The van der Waals surface area contributed by atoms with Crippen molar-refractivity contribution in [3.63, 3.8) is 0 Å². The number of nitrogens with two attached hydrogens (primary N) is 1. The van der Waals surface area contributed by atoms with Crippen molar-refractivity contribution in [3.05, 3.63) is 17.6 Å². The Hall–Kier alpha value is -2.91. The summed E-state index contributed by atoms with van der Waals surface area (Å²) in [6.45, 7) is 19.2. The molecule has 0 bridgehead atoms. The van der Waals surface area contributed by atoms with Crippen molar-refractivity contribution in [3.8, 4) is 0 Å². The number of nitrogens with zero attached hydrogens (tertiary/aromatic N) is 4. The minimum absolute atomic E-state index is 0.147. The minimum Gasteiger partial charge on any atom is -0.444 e. The van der Waals surface area contributed by atoms with Crippen LogP contribution in [-0.4, -0.2) is 75.5 Å². The molecule has 1 fully saturated rings. The molecule has 10 heteroatoms. The molecule has 2 heterocycles. The number of anilines is 1. The van der Waals surface area contributed by atoms with Crippen LogP contribution in [0.15, 0.2) is 6.20 Å². The fraction of sp³-hybridized carbons (Fsp3) is 0.759.